The van der Waals surface area contributed by atoms with Gasteiger partial charge in [0.25, 0.3) is 11.8 Å². The van der Waals surface area contributed by atoms with E-state index in [0.29, 0.717) is 23.9 Å². The third-order valence-electron chi connectivity index (χ3n) is 4.83. The lowest BCUT2D eigenvalue weighted by Crippen LogP contribution is -2.37. The molecule has 0 spiro atoms. The highest BCUT2D eigenvalue weighted by molar-refractivity contribution is 6.52. The molecule has 2 aromatic rings. The molecule has 0 saturated carbocycles. The van der Waals surface area contributed by atoms with Crippen LogP contribution in [0, 0.1) is 0 Å². The molecule has 2 heterocycles. The van der Waals surface area contributed by atoms with E-state index >= 15 is 0 Å². The number of carbonyl (C=O) groups excluding carboxylic acids is 2. The SMILES string of the molecule is COc1ccc(Cl)cc1N1C(=O)C(Cl)=C(N2CCc3ccccc3C2)C1=O. The summed E-state index contributed by atoms with van der Waals surface area (Å²) in [5, 5.41) is 0.310. The van der Waals surface area contributed by atoms with Gasteiger partial charge in [0.2, 0.25) is 0 Å². The molecule has 0 aliphatic carbocycles. The summed E-state index contributed by atoms with van der Waals surface area (Å²) in [6.45, 7) is 1.14. The monoisotopic (exact) mass is 402 g/mol. The standard InChI is InChI=1S/C20H16Cl2N2O3/c1-27-16-7-6-14(21)10-15(16)24-19(25)17(22)18(20(24)26)23-9-8-12-4-2-3-5-13(12)11-23/h2-7,10H,8-9,11H2,1H3. The van der Waals surface area contributed by atoms with Gasteiger partial charge in [-0.05, 0) is 35.7 Å². The maximum absolute atomic E-state index is 13.1. The first kappa shape index (κ1) is 17.9. The Bertz CT molecular complexity index is 987. The van der Waals surface area contributed by atoms with Crippen molar-refractivity contribution >= 4 is 40.7 Å². The Morgan fingerprint density at radius 2 is 1.74 bits per heavy atom. The average Bonchev–Trinajstić information content (AvgIpc) is 2.90. The van der Waals surface area contributed by atoms with Crippen LogP contribution in [0.1, 0.15) is 11.1 Å². The minimum Gasteiger partial charge on any atom is -0.495 e. The Hall–Kier alpha value is -2.50. The second kappa shape index (κ2) is 6.91. The van der Waals surface area contributed by atoms with Crippen LogP contribution >= 0.6 is 23.2 Å². The molecule has 2 aliphatic rings. The number of ether oxygens (including phenoxy) is 1. The van der Waals surface area contributed by atoms with E-state index in [0.717, 1.165) is 16.9 Å². The van der Waals surface area contributed by atoms with Crippen LogP contribution in [0.15, 0.2) is 53.2 Å². The average molecular weight is 403 g/mol. The molecular formula is C20H16Cl2N2O3. The maximum atomic E-state index is 13.1. The van der Waals surface area contributed by atoms with Crippen LogP contribution in [0.5, 0.6) is 5.75 Å². The number of carbonyl (C=O) groups is 2. The van der Waals surface area contributed by atoms with E-state index in [4.69, 9.17) is 27.9 Å². The minimum absolute atomic E-state index is 0.0820. The van der Waals surface area contributed by atoms with Gasteiger partial charge in [-0.2, -0.15) is 0 Å². The van der Waals surface area contributed by atoms with Crippen molar-refractivity contribution in [3.63, 3.8) is 0 Å². The number of fused-ring (bicyclic) bond motifs is 1. The highest BCUT2D eigenvalue weighted by atomic mass is 35.5. The van der Waals surface area contributed by atoms with Gasteiger partial charge in [0.15, 0.2) is 0 Å². The van der Waals surface area contributed by atoms with Crippen molar-refractivity contribution in [3.05, 3.63) is 69.3 Å². The first-order valence-corrected chi connectivity index (χ1v) is 9.20. The van der Waals surface area contributed by atoms with Crippen LogP contribution in [0.2, 0.25) is 5.02 Å². The highest BCUT2D eigenvalue weighted by Gasteiger charge is 2.43. The number of hydrogen-bond acceptors (Lipinski definition) is 4. The number of methoxy groups -OCH3 is 1. The van der Waals surface area contributed by atoms with Crippen molar-refractivity contribution in [3.8, 4) is 5.75 Å². The highest BCUT2D eigenvalue weighted by Crippen LogP contribution is 2.38. The zero-order chi connectivity index (χ0) is 19.1. The van der Waals surface area contributed by atoms with Crippen LogP contribution in [0.25, 0.3) is 0 Å². The van der Waals surface area contributed by atoms with E-state index in [1.54, 1.807) is 12.1 Å². The Balaban J connectivity index is 1.70. The molecule has 5 nitrogen and oxygen atoms in total. The van der Waals surface area contributed by atoms with E-state index in [1.807, 2.05) is 23.1 Å². The fraction of sp³-hybridized carbons (Fsp3) is 0.200. The molecule has 4 rings (SSSR count). The quantitative estimate of drug-likeness (QED) is 0.733. The summed E-state index contributed by atoms with van der Waals surface area (Å²) in [4.78, 5) is 28.8. The van der Waals surface area contributed by atoms with Crippen molar-refractivity contribution < 1.29 is 14.3 Å². The van der Waals surface area contributed by atoms with Gasteiger partial charge in [0, 0.05) is 18.1 Å². The van der Waals surface area contributed by atoms with E-state index in [9.17, 15) is 9.59 Å². The van der Waals surface area contributed by atoms with Gasteiger partial charge >= 0.3 is 0 Å². The molecule has 27 heavy (non-hydrogen) atoms. The number of rotatable bonds is 3. The molecule has 0 saturated heterocycles. The smallest absolute Gasteiger partial charge is 0.283 e. The van der Waals surface area contributed by atoms with Crippen LogP contribution in [0.4, 0.5) is 5.69 Å². The summed E-state index contributed by atoms with van der Waals surface area (Å²) < 4.78 is 5.29. The molecule has 0 bridgehead atoms. The van der Waals surface area contributed by atoms with Crippen molar-refractivity contribution in [1.82, 2.24) is 4.90 Å². The molecule has 2 amide bonds. The van der Waals surface area contributed by atoms with Gasteiger partial charge < -0.3 is 9.64 Å². The topological polar surface area (TPSA) is 49.9 Å². The molecule has 0 fully saturated rings. The predicted octanol–water partition coefficient (Wildman–Crippen LogP) is 3.73. The van der Waals surface area contributed by atoms with Gasteiger partial charge in [0.1, 0.15) is 16.5 Å². The van der Waals surface area contributed by atoms with E-state index in [1.165, 1.54) is 18.7 Å². The van der Waals surface area contributed by atoms with Crippen molar-refractivity contribution in [2.24, 2.45) is 0 Å². The Kier molecular flexibility index (Phi) is 4.58. The molecular weight excluding hydrogens is 387 g/mol. The van der Waals surface area contributed by atoms with Gasteiger partial charge in [-0.1, -0.05) is 47.5 Å². The molecule has 0 atom stereocenters. The summed E-state index contributed by atoms with van der Waals surface area (Å²) in [6, 6.07) is 12.8. The van der Waals surface area contributed by atoms with Gasteiger partial charge in [-0.3, -0.25) is 9.59 Å². The first-order chi connectivity index (χ1) is 13.0. The molecule has 0 unspecified atom stereocenters. The number of imide groups is 1. The largest absolute Gasteiger partial charge is 0.495 e. The molecule has 0 aromatic heterocycles. The Morgan fingerprint density at radius 3 is 2.48 bits per heavy atom. The molecule has 7 heteroatoms. The normalized spacial score (nSPS) is 16.9. The summed E-state index contributed by atoms with van der Waals surface area (Å²) in [7, 11) is 1.47. The van der Waals surface area contributed by atoms with Crippen LogP contribution in [-0.2, 0) is 22.6 Å². The van der Waals surface area contributed by atoms with E-state index in [2.05, 4.69) is 6.07 Å². The Labute approximate surface area is 166 Å². The first-order valence-electron chi connectivity index (χ1n) is 8.45. The summed E-state index contributed by atoms with van der Waals surface area (Å²) in [5.74, 6) is -0.670. The lowest BCUT2D eigenvalue weighted by atomic mass is 9.99. The lowest BCUT2D eigenvalue weighted by Gasteiger charge is -2.31. The zero-order valence-electron chi connectivity index (χ0n) is 14.5. The van der Waals surface area contributed by atoms with Gasteiger partial charge in [-0.25, -0.2) is 4.90 Å². The fourth-order valence-electron chi connectivity index (χ4n) is 3.51. The van der Waals surface area contributed by atoms with E-state index < -0.39 is 11.8 Å². The van der Waals surface area contributed by atoms with Gasteiger partial charge in [0.05, 0.1) is 12.8 Å². The van der Waals surface area contributed by atoms with Crippen molar-refractivity contribution in [2.75, 3.05) is 18.6 Å². The number of amides is 2. The molecule has 0 radical (unpaired) electrons. The third-order valence-corrected chi connectivity index (χ3v) is 5.41. The van der Waals surface area contributed by atoms with E-state index in [-0.39, 0.29) is 16.4 Å². The van der Waals surface area contributed by atoms with Crippen LogP contribution < -0.4 is 9.64 Å². The second-order valence-corrected chi connectivity index (χ2v) is 7.18. The molecule has 138 valence electrons. The number of halogens is 2. The minimum atomic E-state index is -0.573. The summed E-state index contributed by atoms with van der Waals surface area (Å²) in [5.41, 5.74) is 2.87. The summed E-state index contributed by atoms with van der Waals surface area (Å²) >= 11 is 12.4. The molecule has 2 aliphatic heterocycles. The Morgan fingerprint density at radius 1 is 1.00 bits per heavy atom. The lowest BCUT2D eigenvalue weighted by molar-refractivity contribution is -0.121. The summed E-state index contributed by atoms with van der Waals surface area (Å²) in [6.07, 6.45) is 0.784. The zero-order valence-corrected chi connectivity index (χ0v) is 16.0. The van der Waals surface area contributed by atoms with Crippen molar-refractivity contribution in [1.29, 1.82) is 0 Å². The number of anilines is 1. The van der Waals surface area contributed by atoms with Gasteiger partial charge in [-0.15, -0.1) is 0 Å². The third kappa shape index (κ3) is 2.97. The molecule has 2 aromatic carbocycles. The maximum Gasteiger partial charge on any atom is 0.283 e. The predicted molar refractivity (Wildman–Crippen MR) is 104 cm³/mol. The second-order valence-electron chi connectivity index (χ2n) is 6.36. The fourth-order valence-corrected chi connectivity index (χ4v) is 3.96. The number of hydrogen-bond donors (Lipinski definition) is 0. The number of benzene rings is 2. The van der Waals surface area contributed by atoms with Crippen LogP contribution in [0.3, 0.4) is 0 Å². The van der Waals surface area contributed by atoms with Crippen molar-refractivity contribution in [2.45, 2.75) is 13.0 Å². The van der Waals surface area contributed by atoms with Crippen LogP contribution in [-0.4, -0.2) is 30.4 Å². The number of nitrogens with zero attached hydrogens (tertiary/aromatic N) is 2. The molecule has 0 N–H and O–H groups in total.